The van der Waals surface area contributed by atoms with Crippen LogP contribution in [0.25, 0.3) is 21.5 Å². The van der Waals surface area contributed by atoms with Crippen molar-refractivity contribution in [3.8, 4) is 11.5 Å². The van der Waals surface area contributed by atoms with Crippen molar-refractivity contribution in [2.75, 3.05) is 26.3 Å². The average Bonchev–Trinajstić information content (AvgIpc) is 2.97. The van der Waals surface area contributed by atoms with Crippen molar-refractivity contribution in [3.05, 3.63) is 84.9 Å². The highest BCUT2D eigenvalue weighted by molar-refractivity contribution is 5.88. The largest absolute Gasteiger partial charge is 0.490 e. The predicted molar refractivity (Wildman–Crippen MR) is 153 cm³/mol. The van der Waals surface area contributed by atoms with E-state index in [1.165, 1.54) is 0 Å². The van der Waals surface area contributed by atoms with Gasteiger partial charge in [-0.3, -0.25) is 0 Å². The van der Waals surface area contributed by atoms with Crippen LogP contribution in [0, 0.1) is 0 Å². The Bertz CT molecular complexity index is 1190. The molecule has 4 N–H and O–H groups in total. The Balaban J connectivity index is 0.970. The minimum Gasteiger partial charge on any atom is -0.490 e. The zero-order chi connectivity index (χ0) is 26.2. The van der Waals surface area contributed by atoms with Crippen molar-refractivity contribution in [1.82, 2.24) is 10.6 Å². The summed E-state index contributed by atoms with van der Waals surface area (Å²) in [4.78, 5) is 0. The maximum absolute atomic E-state index is 10.5. The molecule has 0 aromatic heterocycles. The molecule has 4 aromatic rings. The monoisotopic (exact) mass is 514 g/mol. The molecule has 0 spiro atoms. The predicted octanol–water partition coefficient (Wildman–Crippen LogP) is 4.66. The Morgan fingerprint density at radius 2 is 0.974 bits per heavy atom. The van der Waals surface area contributed by atoms with E-state index in [4.69, 9.17) is 9.47 Å². The van der Waals surface area contributed by atoms with Crippen LogP contribution >= 0.6 is 0 Å². The van der Waals surface area contributed by atoms with Crippen LogP contribution in [0.1, 0.15) is 25.7 Å². The molecule has 2 unspecified atom stereocenters. The quantitative estimate of drug-likeness (QED) is 0.220. The minimum atomic E-state index is -0.568. The first kappa shape index (κ1) is 26.4. The summed E-state index contributed by atoms with van der Waals surface area (Å²) in [6.07, 6.45) is 3.02. The molecule has 6 heteroatoms. The molecule has 0 radical (unpaired) electrons. The van der Waals surface area contributed by atoms with Crippen LogP contribution in [0.15, 0.2) is 84.9 Å². The number of aliphatic hydroxyl groups excluding tert-OH is 2. The second-order valence-electron chi connectivity index (χ2n) is 10.2. The van der Waals surface area contributed by atoms with Crippen LogP contribution in [0.5, 0.6) is 11.5 Å². The van der Waals surface area contributed by atoms with E-state index in [-0.39, 0.29) is 13.2 Å². The van der Waals surface area contributed by atoms with Gasteiger partial charge < -0.3 is 30.3 Å². The highest BCUT2D eigenvalue weighted by Gasteiger charge is 2.22. The number of hydrogen-bond acceptors (Lipinski definition) is 6. The molecule has 6 nitrogen and oxygen atoms in total. The van der Waals surface area contributed by atoms with Gasteiger partial charge in [0, 0.05) is 35.9 Å². The highest BCUT2D eigenvalue weighted by atomic mass is 16.5. The molecule has 1 aliphatic carbocycles. The zero-order valence-electron chi connectivity index (χ0n) is 21.8. The van der Waals surface area contributed by atoms with E-state index in [0.717, 1.165) is 58.7 Å². The van der Waals surface area contributed by atoms with Crippen molar-refractivity contribution in [2.24, 2.45) is 0 Å². The molecular weight excluding hydrogens is 476 g/mol. The lowest BCUT2D eigenvalue weighted by Crippen LogP contribution is -2.45. The summed E-state index contributed by atoms with van der Waals surface area (Å²) in [5.74, 6) is 1.61. The van der Waals surface area contributed by atoms with Gasteiger partial charge in [-0.15, -0.1) is 0 Å². The average molecular weight is 515 g/mol. The highest BCUT2D eigenvalue weighted by Crippen LogP contribution is 2.26. The molecule has 1 saturated carbocycles. The molecule has 38 heavy (non-hydrogen) atoms. The Morgan fingerprint density at radius 1 is 0.579 bits per heavy atom. The topological polar surface area (TPSA) is 83.0 Å². The second-order valence-corrected chi connectivity index (χ2v) is 10.2. The summed E-state index contributed by atoms with van der Waals surface area (Å²) in [5, 5.41) is 32.3. The van der Waals surface area contributed by atoms with Gasteiger partial charge in [0.15, 0.2) is 0 Å². The summed E-state index contributed by atoms with van der Waals surface area (Å²) in [6.45, 7) is 1.54. The number of hydrogen-bond donors (Lipinski definition) is 4. The van der Waals surface area contributed by atoms with Gasteiger partial charge >= 0.3 is 0 Å². The van der Waals surface area contributed by atoms with Gasteiger partial charge in [0.25, 0.3) is 0 Å². The third-order valence-electron chi connectivity index (χ3n) is 7.37. The molecule has 5 rings (SSSR count). The van der Waals surface area contributed by atoms with Gasteiger partial charge in [0.05, 0.1) is 0 Å². The first-order valence-corrected chi connectivity index (χ1v) is 13.7. The third kappa shape index (κ3) is 7.03. The summed E-state index contributed by atoms with van der Waals surface area (Å²) in [7, 11) is 0. The van der Waals surface area contributed by atoms with E-state index >= 15 is 0 Å². The van der Waals surface area contributed by atoms with Gasteiger partial charge in [-0.1, -0.05) is 72.8 Å². The summed E-state index contributed by atoms with van der Waals surface area (Å²) < 4.78 is 11.9. The SMILES string of the molecule is OC(CNC1CCC(NCC(O)COc2cccc3ccccc23)CC1)COc1cccc2ccccc12. The lowest BCUT2D eigenvalue weighted by Gasteiger charge is -2.31. The molecule has 4 aromatic carbocycles. The van der Waals surface area contributed by atoms with Gasteiger partial charge in [-0.05, 0) is 48.6 Å². The second kappa shape index (κ2) is 13.1. The molecule has 200 valence electrons. The lowest BCUT2D eigenvalue weighted by atomic mass is 9.91. The Morgan fingerprint density at radius 3 is 1.42 bits per heavy atom. The van der Waals surface area contributed by atoms with E-state index in [1.807, 2.05) is 60.7 Å². The summed E-state index contributed by atoms with van der Waals surface area (Å²) in [6, 6.07) is 29.0. The summed E-state index contributed by atoms with van der Waals surface area (Å²) in [5.41, 5.74) is 0. The van der Waals surface area contributed by atoms with Crippen LogP contribution in [-0.2, 0) is 0 Å². The maximum atomic E-state index is 10.5. The standard InChI is InChI=1S/C32H38N2O4/c35-27(21-37-31-13-5-9-23-7-1-3-11-29(23)31)19-33-25-15-17-26(18-16-25)34-20-28(36)22-38-32-14-6-10-24-8-2-4-12-30(24)32/h1-14,25-28,33-36H,15-22H2. The van der Waals surface area contributed by atoms with E-state index < -0.39 is 12.2 Å². The Kier molecular flexibility index (Phi) is 9.10. The number of nitrogens with one attached hydrogen (secondary N) is 2. The van der Waals surface area contributed by atoms with Crippen LogP contribution in [0.3, 0.4) is 0 Å². The third-order valence-corrected chi connectivity index (χ3v) is 7.37. The molecule has 0 aliphatic heterocycles. The van der Waals surface area contributed by atoms with Crippen LogP contribution in [0.2, 0.25) is 0 Å². The number of ether oxygens (including phenoxy) is 2. The molecule has 1 fully saturated rings. The van der Waals surface area contributed by atoms with Gasteiger partial charge in [-0.2, -0.15) is 0 Å². The maximum Gasteiger partial charge on any atom is 0.127 e. The fraction of sp³-hybridized carbons (Fsp3) is 0.375. The molecular formula is C32H38N2O4. The molecule has 0 heterocycles. The first-order chi connectivity index (χ1) is 18.7. The molecule has 0 amide bonds. The van der Waals surface area contributed by atoms with Crippen molar-refractivity contribution in [3.63, 3.8) is 0 Å². The van der Waals surface area contributed by atoms with Crippen LogP contribution in [-0.4, -0.2) is 60.8 Å². The fourth-order valence-corrected chi connectivity index (χ4v) is 5.24. The molecule has 2 atom stereocenters. The zero-order valence-corrected chi connectivity index (χ0v) is 21.8. The van der Waals surface area contributed by atoms with E-state index in [2.05, 4.69) is 34.9 Å². The van der Waals surface area contributed by atoms with E-state index in [0.29, 0.717) is 25.2 Å². The smallest absolute Gasteiger partial charge is 0.127 e. The number of aliphatic hydroxyl groups is 2. The van der Waals surface area contributed by atoms with Gasteiger partial charge in [0.1, 0.15) is 36.9 Å². The van der Waals surface area contributed by atoms with Gasteiger partial charge in [0.2, 0.25) is 0 Å². The number of fused-ring (bicyclic) bond motifs is 2. The van der Waals surface area contributed by atoms with Crippen LogP contribution in [0.4, 0.5) is 0 Å². The van der Waals surface area contributed by atoms with Crippen LogP contribution < -0.4 is 20.1 Å². The summed E-state index contributed by atoms with van der Waals surface area (Å²) >= 11 is 0. The molecule has 1 aliphatic rings. The van der Waals surface area contributed by atoms with Crippen molar-refractivity contribution in [1.29, 1.82) is 0 Å². The molecule has 0 bridgehead atoms. The first-order valence-electron chi connectivity index (χ1n) is 13.7. The number of benzene rings is 4. The van der Waals surface area contributed by atoms with E-state index in [9.17, 15) is 10.2 Å². The number of rotatable bonds is 12. The van der Waals surface area contributed by atoms with Gasteiger partial charge in [-0.25, -0.2) is 0 Å². The minimum absolute atomic E-state index is 0.261. The molecule has 0 saturated heterocycles. The normalized spacial score (nSPS) is 19.3. The lowest BCUT2D eigenvalue weighted by molar-refractivity contribution is 0.0973. The van der Waals surface area contributed by atoms with Crippen molar-refractivity contribution >= 4 is 21.5 Å². The van der Waals surface area contributed by atoms with Crippen molar-refractivity contribution in [2.45, 2.75) is 50.0 Å². The Labute approximate surface area is 224 Å². The Hall–Kier alpha value is -3.16. The van der Waals surface area contributed by atoms with Crippen molar-refractivity contribution < 1.29 is 19.7 Å². The fourth-order valence-electron chi connectivity index (χ4n) is 5.24. The van der Waals surface area contributed by atoms with E-state index in [1.54, 1.807) is 0 Å².